The number of hydrogen-bond acceptors (Lipinski definition) is 6. The summed E-state index contributed by atoms with van der Waals surface area (Å²) in [6, 6.07) is 12.8. The highest BCUT2D eigenvalue weighted by Crippen LogP contribution is 2.25. The van der Waals surface area contributed by atoms with E-state index in [0.717, 1.165) is 17.5 Å². The van der Waals surface area contributed by atoms with Crippen molar-refractivity contribution in [2.75, 3.05) is 39.9 Å². The number of benzene rings is 2. The van der Waals surface area contributed by atoms with Crippen molar-refractivity contribution in [3.05, 3.63) is 65.4 Å². The van der Waals surface area contributed by atoms with E-state index in [9.17, 15) is 4.79 Å². The Hall–Kier alpha value is -3.78. The minimum atomic E-state index is -0.270. The smallest absolute Gasteiger partial charge is 0.257 e. The van der Waals surface area contributed by atoms with Gasteiger partial charge in [0.15, 0.2) is 5.82 Å². The van der Waals surface area contributed by atoms with Gasteiger partial charge in [-0.25, -0.2) is 0 Å². The fourth-order valence-electron chi connectivity index (χ4n) is 3.11. The lowest BCUT2D eigenvalue weighted by Crippen LogP contribution is -2.13. The van der Waals surface area contributed by atoms with Crippen LogP contribution in [-0.4, -0.2) is 50.2 Å². The first-order chi connectivity index (χ1) is 16.0. The fraction of sp³-hybridized carbons (Fsp3) is 0.280. The second kappa shape index (κ2) is 11.7. The first-order valence-corrected chi connectivity index (χ1v) is 10.5. The average Bonchev–Trinajstić information content (AvgIpc) is 3.24. The molecule has 3 aromatic rings. The van der Waals surface area contributed by atoms with Crippen LogP contribution in [0.25, 0.3) is 12.2 Å². The van der Waals surface area contributed by atoms with Crippen LogP contribution in [0.15, 0.2) is 48.7 Å². The molecule has 0 atom stereocenters. The van der Waals surface area contributed by atoms with E-state index < -0.39 is 0 Å². The van der Waals surface area contributed by atoms with Crippen molar-refractivity contribution in [3.8, 4) is 17.2 Å². The van der Waals surface area contributed by atoms with Crippen molar-refractivity contribution in [1.29, 1.82) is 0 Å². The van der Waals surface area contributed by atoms with Crippen molar-refractivity contribution < 1.29 is 23.7 Å². The van der Waals surface area contributed by atoms with E-state index in [4.69, 9.17) is 18.9 Å². The number of hydrogen-bond donors (Lipinski definition) is 1. The molecule has 1 heterocycles. The van der Waals surface area contributed by atoms with E-state index in [2.05, 4.69) is 10.4 Å². The summed E-state index contributed by atoms with van der Waals surface area (Å²) in [6.45, 7) is 1.08. The number of carbonyl (C=O) groups excluding carboxylic acids is 1. The van der Waals surface area contributed by atoms with Crippen LogP contribution in [0.5, 0.6) is 17.2 Å². The van der Waals surface area contributed by atoms with Gasteiger partial charge in [0, 0.05) is 51.1 Å². The lowest BCUT2D eigenvalue weighted by atomic mass is 10.1. The van der Waals surface area contributed by atoms with Gasteiger partial charge >= 0.3 is 0 Å². The second-order valence-electron chi connectivity index (χ2n) is 7.29. The maximum atomic E-state index is 12.9. The first kappa shape index (κ1) is 23.9. The van der Waals surface area contributed by atoms with E-state index in [0.29, 0.717) is 41.8 Å². The van der Waals surface area contributed by atoms with Gasteiger partial charge in [-0.3, -0.25) is 9.48 Å². The summed E-state index contributed by atoms with van der Waals surface area (Å²) >= 11 is 0. The molecule has 0 aliphatic rings. The van der Waals surface area contributed by atoms with Crippen LogP contribution < -0.4 is 19.5 Å². The standard InChI is InChI=1S/C25H29N3O5/c1-28-9-8-24(27-28)26-25(29)20-12-18(15-23(16-20)33-11-5-10-30-2)6-7-19-13-21(31-3)17-22(14-19)32-4/h6-9,12-17H,5,10-11H2,1-4H3,(H,26,27,29)/b7-6+. The van der Waals surface area contributed by atoms with Gasteiger partial charge in [0.1, 0.15) is 17.2 Å². The number of nitrogens with zero attached hydrogens (tertiary/aromatic N) is 2. The molecule has 0 aliphatic heterocycles. The van der Waals surface area contributed by atoms with Crippen molar-refractivity contribution in [2.45, 2.75) is 6.42 Å². The molecule has 174 valence electrons. The molecular weight excluding hydrogens is 422 g/mol. The number of methoxy groups -OCH3 is 3. The Balaban J connectivity index is 1.86. The highest BCUT2D eigenvalue weighted by atomic mass is 16.5. The van der Waals surface area contributed by atoms with Crippen LogP contribution in [0, 0.1) is 0 Å². The van der Waals surface area contributed by atoms with Gasteiger partial charge in [0.2, 0.25) is 0 Å². The Morgan fingerprint density at radius 2 is 1.61 bits per heavy atom. The van der Waals surface area contributed by atoms with Crippen LogP contribution in [0.1, 0.15) is 27.9 Å². The molecular formula is C25H29N3O5. The van der Waals surface area contributed by atoms with Crippen LogP contribution in [0.3, 0.4) is 0 Å². The molecule has 0 spiro atoms. The van der Waals surface area contributed by atoms with Gasteiger partial charge in [0.05, 0.1) is 20.8 Å². The average molecular weight is 452 g/mol. The Kier molecular flexibility index (Phi) is 8.49. The Morgan fingerprint density at radius 1 is 0.939 bits per heavy atom. The first-order valence-electron chi connectivity index (χ1n) is 10.5. The molecule has 0 saturated heterocycles. The highest BCUT2D eigenvalue weighted by Gasteiger charge is 2.11. The van der Waals surface area contributed by atoms with E-state index in [1.54, 1.807) is 57.5 Å². The molecule has 0 unspecified atom stereocenters. The third-order valence-corrected chi connectivity index (χ3v) is 4.75. The molecule has 33 heavy (non-hydrogen) atoms. The minimum absolute atomic E-state index is 0.270. The predicted octanol–water partition coefficient (Wildman–Crippen LogP) is 4.28. The molecule has 1 amide bonds. The van der Waals surface area contributed by atoms with Gasteiger partial charge in [0.25, 0.3) is 5.91 Å². The largest absolute Gasteiger partial charge is 0.497 e. The predicted molar refractivity (Wildman–Crippen MR) is 128 cm³/mol. The summed E-state index contributed by atoms with van der Waals surface area (Å²) < 4.78 is 23.2. The van der Waals surface area contributed by atoms with Crippen molar-refractivity contribution >= 4 is 23.9 Å². The monoisotopic (exact) mass is 451 g/mol. The summed E-state index contributed by atoms with van der Waals surface area (Å²) in [5, 5.41) is 7.01. The minimum Gasteiger partial charge on any atom is -0.497 e. The topological polar surface area (TPSA) is 83.8 Å². The van der Waals surface area contributed by atoms with Crippen molar-refractivity contribution in [1.82, 2.24) is 9.78 Å². The molecule has 0 fully saturated rings. The molecule has 2 aromatic carbocycles. The third kappa shape index (κ3) is 7.11. The summed E-state index contributed by atoms with van der Waals surface area (Å²) in [5.74, 6) is 2.20. The van der Waals surface area contributed by atoms with E-state index >= 15 is 0 Å². The van der Waals surface area contributed by atoms with Gasteiger partial charge in [-0.05, 0) is 41.5 Å². The molecule has 1 aromatic heterocycles. The van der Waals surface area contributed by atoms with Crippen molar-refractivity contribution in [3.63, 3.8) is 0 Å². The normalized spacial score (nSPS) is 10.9. The third-order valence-electron chi connectivity index (χ3n) is 4.75. The van der Waals surface area contributed by atoms with E-state index in [-0.39, 0.29) is 5.91 Å². The van der Waals surface area contributed by atoms with Crippen LogP contribution >= 0.6 is 0 Å². The lowest BCUT2D eigenvalue weighted by molar-refractivity contribution is 0.102. The Labute approximate surface area is 193 Å². The molecule has 0 saturated carbocycles. The van der Waals surface area contributed by atoms with Crippen LogP contribution in [0.2, 0.25) is 0 Å². The number of carbonyl (C=O) groups is 1. The number of aryl methyl sites for hydroxylation is 1. The molecule has 1 N–H and O–H groups in total. The Morgan fingerprint density at radius 3 is 2.21 bits per heavy atom. The zero-order valence-corrected chi connectivity index (χ0v) is 19.3. The van der Waals surface area contributed by atoms with Gasteiger partial charge in [-0.15, -0.1) is 0 Å². The van der Waals surface area contributed by atoms with Gasteiger partial charge < -0.3 is 24.3 Å². The number of rotatable bonds is 11. The van der Waals surface area contributed by atoms with Gasteiger partial charge in [-0.1, -0.05) is 12.2 Å². The summed E-state index contributed by atoms with van der Waals surface area (Å²) in [5.41, 5.74) is 2.18. The molecule has 0 aliphatic carbocycles. The quantitative estimate of drug-likeness (QED) is 0.346. The number of amides is 1. The zero-order valence-electron chi connectivity index (χ0n) is 19.3. The SMILES string of the molecule is COCCCOc1cc(/C=C/c2cc(OC)cc(OC)c2)cc(C(=O)Nc2ccn(C)n2)c1. The summed E-state index contributed by atoms with van der Waals surface area (Å²) in [6.07, 6.45) is 6.35. The maximum absolute atomic E-state index is 12.9. The van der Waals surface area contributed by atoms with E-state index in [1.807, 2.05) is 36.4 Å². The summed E-state index contributed by atoms with van der Waals surface area (Å²) in [7, 11) is 6.66. The summed E-state index contributed by atoms with van der Waals surface area (Å²) in [4.78, 5) is 12.9. The Bertz CT molecular complexity index is 1080. The number of anilines is 1. The zero-order chi connectivity index (χ0) is 23.6. The molecule has 3 rings (SSSR count). The molecule has 0 radical (unpaired) electrons. The van der Waals surface area contributed by atoms with E-state index in [1.165, 1.54) is 0 Å². The highest BCUT2D eigenvalue weighted by molar-refractivity contribution is 6.04. The number of nitrogens with one attached hydrogen (secondary N) is 1. The maximum Gasteiger partial charge on any atom is 0.257 e. The molecule has 8 nitrogen and oxygen atoms in total. The number of aromatic nitrogens is 2. The molecule has 0 bridgehead atoms. The fourth-order valence-corrected chi connectivity index (χ4v) is 3.11. The van der Waals surface area contributed by atoms with Gasteiger partial charge in [-0.2, -0.15) is 5.10 Å². The lowest BCUT2D eigenvalue weighted by Gasteiger charge is -2.10. The second-order valence-corrected chi connectivity index (χ2v) is 7.29. The van der Waals surface area contributed by atoms with Crippen LogP contribution in [-0.2, 0) is 11.8 Å². The van der Waals surface area contributed by atoms with Crippen molar-refractivity contribution in [2.24, 2.45) is 7.05 Å². The van der Waals surface area contributed by atoms with Crippen LogP contribution in [0.4, 0.5) is 5.82 Å². The number of ether oxygens (including phenoxy) is 4. The molecule has 8 heteroatoms.